The third kappa shape index (κ3) is 29.4. The summed E-state index contributed by atoms with van der Waals surface area (Å²) in [6.07, 6.45) is 13.6. The van der Waals surface area contributed by atoms with Gasteiger partial charge in [-0.3, -0.25) is 4.99 Å². The highest BCUT2D eigenvalue weighted by molar-refractivity contribution is 5.57. The molecule has 0 rings (SSSR count). The molecule has 31 heavy (non-hydrogen) atoms. The molecule has 0 unspecified atom stereocenters. The Morgan fingerprint density at radius 1 is 0.548 bits per heavy atom. The van der Waals surface area contributed by atoms with Gasteiger partial charge in [-0.25, -0.2) is 9.78 Å². The van der Waals surface area contributed by atoms with Gasteiger partial charge in [0.05, 0.1) is 19.8 Å². The summed E-state index contributed by atoms with van der Waals surface area (Å²) in [4.78, 5) is 14.5. The van der Waals surface area contributed by atoms with Gasteiger partial charge in [-0.15, -0.1) is 0 Å². The van der Waals surface area contributed by atoms with Crippen LogP contribution < -0.4 is 0 Å². The number of aliphatic imine (C=N–C) groups is 1. The van der Waals surface area contributed by atoms with Crippen LogP contribution in [-0.2, 0) is 28.7 Å². The van der Waals surface area contributed by atoms with Crippen molar-refractivity contribution >= 4 is 6.21 Å². The predicted molar refractivity (Wildman–Crippen MR) is 126 cm³/mol. The van der Waals surface area contributed by atoms with Crippen LogP contribution in [0.2, 0.25) is 0 Å². The van der Waals surface area contributed by atoms with Gasteiger partial charge in [0, 0.05) is 65.9 Å². The van der Waals surface area contributed by atoms with Gasteiger partial charge in [-0.05, 0) is 57.8 Å². The molecule has 0 heterocycles. The molecule has 0 N–H and O–H groups in total. The summed E-state index contributed by atoms with van der Waals surface area (Å²) in [7, 11) is 1.71. The smallest absolute Gasteiger partial charge is 0.0844 e. The van der Waals surface area contributed by atoms with Crippen LogP contribution in [0.25, 0.3) is 0 Å². The molecular weight excluding hydrogens is 398 g/mol. The molecule has 0 fully saturated rings. The van der Waals surface area contributed by atoms with E-state index >= 15 is 0 Å². The number of unbranched alkanes of at least 4 members (excludes halogenated alkanes) is 5. The minimum atomic E-state index is 0.603. The molecule has 0 saturated carbocycles. The molecule has 186 valence electrons. The maximum atomic E-state index is 5.66. The van der Waals surface area contributed by atoms with Gasteiger partial charge in [0.25, 0.3) is 0 Å². The minimum Gasteiger partial charge on any atom is -0.384 e. The first-order valence-electron chi connectivity index (χ1n) is 12.4. The van der Waals surface area contributed by atoms with E-state index in [1.54, 1.807) is 7.11 Å². The SMILES string of the molecule is CCCCOOCCCOCCCCCOCCCOCCCCC/N=C\CCOC. The Morgan fingerprint density at radius 2 is 1.06 bits per heavy atom. The van der Waals surface area contributed by atoms with Crippen molar-refractivity contribution in [1.82, 2.24) is 0 Å². The second-order valence-electron chi connectivity index (χ2n) is 7.53. The lowest BCUT2D eigenvalue weighted by molar-refractivity contribution is -0.296. The zero-order valence-electron chi connectivity index (χ0n) is 20.3. The number of hydrogen-bond donors (Lipinski definition) is 0. The summed E-state index contributed by atoms with van der Waals surface area (Å²) in [5.74, 6) is 0. The molecule has 0 aromatic heterocycles. The highest BCUT2D eigenvalue weighted by Gasteiger charge is 1.95. The number of rotatable bonds is 27. The maximum Gasteiger partial charge on any atom is 0.0844 e. The van der Waals surface area contributed by atoms with Crippen LogP contribution in [0.5, 0.6) is 0 Å². The monoisotopic (exact) mass is 447 g/mol. The van der Waals surface area contributed by atoms with Crippen LogP contribution in [0.3, 0.4) is 0 Å². The van der Waals surface area contributed by atoms with Gasteiger partial charge in [-0.2, -0.15) is 0 Å². The second kappa shape index (κ2) is 29.4. The summed E-state index contributed by atoms with van der Waals surface area (Å²) < 4.78 is 21.9. The Bertz CT molecular complexity index is 344. The third-order valence-electron chi connectivity index (χ3n) is 4.49. The van der Waals surface area contributed by atoms with Gasteiger partial charge in [0.1, 0.15) is 0 Å². The fraction of sp³-hybridized carbons (Fsp3) is 0.958. The van der Waals surface area contributed by atoms with E-state index in [1.165, 1.54) is 6.42 Å². The Morgan fingerprint density at radius 3 is 1.65 bits per heavy atom. The van der Waals surface area contributed by atoms with E-state index in [4.69, 9.17) is 28.7 Å². The van der Waals surface area contributed by atoms with Crippen LogP contribution in [0.15, 0.2) is 4.99 Å². The van der Waals surface area contributed by atoms with Crippen molar-refractivity contribution in [3.63, 3.8) is 0 Å². The summed E-state index contributed by atoms with van der Waals surface area (Å²) in [5, 5.41) is 0. The molecule has 0 atom stereocenters. The van der Waals surface area contributed by atoms with E-state index in [-0.39, 0.29) is 0 Å². The first-order chi connectivity index (χ1) is 15.4. The van der Waals surface area contributed by atoms with Crippen LogP contribution >= 0.6 is 0 Å². The van der Waals surface area contributed by atoms with Crippen molar-refractivity contribution in [2.24, 2.45) is 4.99 Å². The van der Waals surface area contributed by atoms with E-state index in [9.17, 15) is 0 Å². The Kier molecular flexibility index (Phi) is 28.9. The van der Waals surface area contributed by atoms with Crippen LogP contribution in [0.1, 0.15) is 77.6 Å². The first-order valence-corrected chi connectivity index (χ1v) is 12.4. The quantitative estimate of drug-likeness (QED) is 0.0763. The average molecular weight is 448 g/mol. The number of nitrogens with zero attached hydrogens (tertiary/aromatic N) is 1. The molecule has 0 saturated heterocycles. The van der Waals surface area contributed by atoms with Crippen LogP contribution in [0.4, 0.5) is 0 Å². The van der Waals surface area contributed by atoms with E-state index < -0.39 is 0 Å². The zero-order chi connectivity index (χ0) is 22.5. The van der Waals surface area contributed by atoms with E-state index in [2.05, 4.69) is 11.9 Å². The Balaban J connectivity index is 3.01. The summed E-state index contributed by atoms with van der Waals surface area (Å²) >= 11 is 0. The summed E-state index contributed by atoms with van der Waals surface area (Å²) in [6.45, 7) is 9.86. The molecule has 0 aromatic carbocycles. The lowest BCUT2D eigenvalue weighted by Gasteiger charge is -2.07. The van der Waals surface area contributed by atoms with Gasteiger partial charge >= 0.3 is 0 Å². The van der Waals surface area contributed by atoms with Crippen molar-refractivity contribution in [3.05, 3.63) is 0 Å². The topological polar surface area (TPSA) is 67.7 Å². The summed E-state index contributed by atoms with van der Waals surface area (Å²) in [6, 6.07) is 0. The Labute approximate surface area is 191 Å². The van der Waals surface area contributed by atoms with Crippen molar-refractivity contribution in [1.29, 1.82) is 0 Å². The largest absolute Gasteiger partial charge is 0.384 e. The molecule has 0 aliphatic rings. The van der Waals surface area contributed by atoms with Gasteiger partial charge in [0.2, 0.25) is 0 Å². The number of methoxy groups -OCH3 is 1. The molecule has 0 spiro atoms. The molecule has 7 heteroatoms. The standard InChI is InChI=1S/C24H49NO6/c1-3-4-23-30-31-24-13-22-29-19-10-6-9-18-28-21-12-20-27-17-8-5-7-14-25-15-11-16-26-2/h15H,3-14,16-24H2,1-2H3/b25-15-. The second-order valence-corrected chi connectivity index (χ2v) is 7.53. The molecule has 0 aliphatic heterocycles. The molecule has 0 aromatic rings. The molecule has 7 nitrogen and oxygen atoms in total. The van der Waals surface area contributed by atoms with Crippen LogP contribution in [0, 0.1) is 0 Å². The Hall–Kier alpha value is -0.570. The lowest BCUT2D eigenvalue weighted by atomic mass is 10.2. The average Bonchev–Trinajstić information content (AvgIpc) is 2.78. The lowest BCUT2D eigenvalue weighted by Crippen LogP contribution is -2.05. The zero-order valence-corrected chi connectivity index (χ0v) is 20.3. The number of hydrogen-bond acceptors (Lipinski definition) is 7. The van der Waals surface area contributed by atoms with Crippen molar-refractivity contribution < 1.29 is 28.7 Å². The molecule has 0 bridgehead atoms. The molecule has 0 radical (unpaired) electrons. The highest BCUT2D eigenvalue weighted by Crippen LogP contribution is 2.00. The third-order valence-corrected chi connectivity index (χ3v) is 4.49. The van der Waals surface area contributed by atoms with Gasteiger partial charge in [-0.1, -0.05) is 13.3 Å². The van der Waals surface area contributed by atoms with E-state index in [0.29, 0.717) is 13.2 Å². The van der Waals surface area contributed by atoms with Crippen LogP contribution in [-0.4, -0.2) is 79.3 Å². The van der Waals surface area contributed by atoms with Gasteiger partial charge in [0.15, 0.2) is 0 Å². The summed E-state index contributed by atoms with van der Waals surface area (Å²) in [5.41, 5.74) is 0. The fourth-order valence-electron chi connectivity index (χ4n) is 2.63. The first kappa shape index (κ1) is 30.4. The maximum absolute atomic E-state index is 5.66. The fourth-order valence-corrected chi connectivity index (χ4v) is 2.63. The molecule has 0 amide bonds. The molecular formula is C24H49NO6. The van der Waals surface area contributed by atoms with E-state index in [1.807, 2.05) is 6.21 Å². The van der Waals surface area contributed by atoms with Crippen molar-refractivity contribution in [3.8, 4) is 0 Å². The minimum absolute atomic E-state index is 0.603. The predicted octanol–water partition coefficient (Wildman–Crippen LogP) is 5.01. The highest BCUT2D eigenvalue weighted by atomic mass is 17.2. The van der Waals surface area contributed by atoms with Gasteiger partial charge < -0.3 is 18.9 Å². The normalized spacial score (nSPS) is 11.7. The van der Waals surface area contributed by atoms with E-state index in [0.717, 1.165) is 117 Å². The van der Waals surface area contributed by atoms with Crippen molar-refractivity contribution in [2.75, 3.05) is 73.1 Å². The number of ether oxygens (including phenoxy) is 4. The van der Waals surface area contributed by atoms with Crippen molar-refractivity contribution in [2.45, 2.75) is 77.6 Å². The molecule has 0 aliphatic carbocycles.